The first-order valence-electron chi connectivity index (χ1n) is 11.0. The number of amides is 2. The molecule has 5 saturated carbocycles. The second kappa shape index (κ2) is 6.66. The van der Waals surface area contributed by atoms with E-state index in [4.69, 9.17) is 10.5 Å². The van der Waals surface area contributed by atoms with Crippen LogP contribution in [-0.2, 0) is 4.74 Å². The molecule has 6 fully saturated rings. The van der Waals surface area contributed by atoms with Crippen molar-refractivity contribution in [2.24, 2.45) is 35.3 Å². The lowest BCUT2D eigenvalue weighted by Crippen LogP contribution is -2.67. The highest BCUT2D eigenvalue weighted by atomic mass is 16.5. The quantitative estimate of drug-likeness (QED) is 0.791. The summed E-state index contributed by atoms with van der Waals surface area (Å²) in [5.41, 5.74) is 6.75. The number of piperidine rings is 1. The number of hydrogen-bond donors (Lipinski definition) is 2. The number of nitrogens with zero attached hydrogens (tertiary/aromatic N) is 1. The maximum absolute atomic E-state index is 12.7. The number of likely N-dealkylation sites (tertiary alicyclic amines) is 1. The average molecular weight is 362 g/mol. The van der Waals surface area contributed by atoms with Crippen molar-refractivity contribution in [1.82, 2.24) is 10.2 Å². The number of carbonyl (C=O) groups is 1. The van der Waals surface area contributed by atoms with Crippen LogP contribution in [0.15, 0.2) is 0 Å². The van der Waals surface area contributed by atoms with Gasteiger partial charge in [0, 0.05) is 31.8 Å². The Labute approximate surface area is 157 Å². The van der Waals surface area contributed by atoms with Gasteiger partial charge in [-0.25, -0.2) is 4.79 Å². The second-order valence-electron chi connectivity index (χ2n) is 10.0. The van der Waals surface area contributed by atoms with Gasteiger partial charge >= 0.3 is 6.03 Å². The Balaban J connectivity index is 1.10. The molecular weight excluding hydrogens is 326 g/mol. The molecule has 5 heteroatoms. The Hall–Kier alpha value is -0.810. The van der Waals surface area contributed by atoms with E-state index in [9.17, 15) is 4.79 Å². The first-order valence-corrected chi connectivity index (χ1v) is 11.0. The molecule has 5 nitrogen and oxygen atoms in total. The zero-order chi connectivity index (χ0) is 17.7. The minimum atomic E-state index is -0.158. The van der Waals surface area contributed by atoms with Gasteiger partial charge in [-0.2, -0.15) is 0 Å². The third-order valence-electron chi connectivity index (χ3n) is 8.20. The van der Waals surface area contributed by atoms with Gasteiger partial charge in [0.1, 0.15) is 0 Å². The fourth-order valence-electron chi connectivity index (χ4n) is 6.47. The molecular formula is C21H35N3O2. The van der Waals surface area contributed by atoms with Crippen LogP contribution in [0.1, 0.15) is 57.8 Å². The number of ether oxygens (including phenoxy) is 1. The van der Waals surface area contributed by atoms with Crippen molar-refractivity contribution in [2.45, 2.75) is 69.4 Å². The van der Waals surface area contributed by atoms with Gasteiger partial charge in [-0.15, -0.1) is 0 Å². The lowest BCUT2D eigenvalue weighted by Gasteiger charge is -2.60. The van der Waals surface area contributed by atoms with Crippen molar-refractivity contribution < 1.29 is 9.53 Å². The molecule has 6 rings (SSSR count). The molecule has 0 radical (unpaired) electrons. The number of nitrogens with two attached hydrogens (primary N) is 1. The third-order valence-corrected chi connectivity index (χ3v) is 8.20. The van der Waals surface area contributed by atoms with Crippen LogP contribution in [0.2, 0.25) is 0 Å². The zero-order valence-corrected chi connectivity index (χ0v) is 16.0. The summed E-state index contributed by atoms with van der Waals surface area (Å²) in [7, 11) is 0. The summed E-state index contributed by atoms with van der Waals surface area (Å²) in [6.45, 7) is 3.22. The van der Waals surface area contributed by atoms with Crippen molar-refractivity contribution >= 4 is 6.03 Å². The predicted molar refractivity (Wildman–Crippen MR) is 101 cm³/mol. The lowest BCUT2D eigenvalue weighted by molar-refractivity contribution is -0.0535. The standard InChI is InChI=1S/C21H35N3O2/c22-21(17-8-15-7-16(10-17)11-18(21)9-15)13-23-20(25)24-5-3-19(4-6-24)26-12-14-1-2-14/h14-19H,1-13,22H2,(H,23,25). The Morgan fingerprint density at radius 3 is 2.19 bits per heavy atom. The molecule has 0 spiro atoms. The maximum atomic E-state index is 12.7. The molecule has 6 aliphatic rings. The van der Waals surface area contributed by atoms with Gasteiger partial charge in [0.05, 0.1) is 6.10 Å². The smallest absolute Gasteiger partial charge is 0.317 e. The topological polar surface area (TPSA) is 67.6 Å². The van der Waals surface area contributed by atoms with Gasteiger partial charge in [-0.3, -0.25) is 0 Å². The highest BCUT2D eigenvalue weighted by Gasteiger charge is 2.55. The molecule has 1 saturated heterocycles. The summed E-state index contributed by atoms with van der Waals surface area (Å²) in [6, 6.07) is 0.0873. The summed E-state index contributed by atoms with van der Waals surface area (Å²) >= 11 is 0. The van der Waals surface area contributed by atoms with Gasteiger partial charge in [0.15, 0.2) is 0 Å². The fourth-order valence-corrected chi connectivity index (χ4v) is 6.47. The van der Waals surface area contributed by atoms with E-state index in [1.165, 1.54) is 44.9 Å². The van der Waals surface area contributed by atoms with Crippen LogP contribution in [0.5, 0.6) is 0 Å². The van der Waals surface area contributed by atoms with Crippen molar-refractivity contribution in [3.05, 3.63) is 0 Å². The largest absolute Gasteiger partial charge is 0.378 e. The van der Waals surface area contributed by atoms with Crippen LogP contribution in [0.3, 0.4) is 0 Å². The fraction of sp³-hybridized carbons (Fsp3) is 0.952. The van der Waals surface area contributed by atoms with E-state index < -0.39 is 0 Å². The van der Waals surface area contributed by atoms with Crippen molar-refractivity contribution in [1.29, 1.82) is 0 Å². The maximum Gasteiger partial charge on any atom is 0.317 e. The minimum absolute atomic E-state index is 0.0873. The van der Waals surface area contributed by atoms with E-state index in [0.717, 1.165) is 50.3 Å². The number of carbonyl (C=O) groups excluding carboxylic acids is 1. The second-order valence-corrected chi connectivity index (χ2v) is 10.0. The molecule has 0 aromatic rings. The highest BCUT2D eigenvalue weighted by molar-refractivity contribution is 5.74. The summed E-state index contributed by atoms with van der Waals surface area (Å²) < 4.78 is 5.99. The Morgan fingerprint density at radius 2 is 1.62 bits per heavy atom. The van der Waals surface area contributed by atoms with Crippen LogP contribution in [0, 0.1) is 29.6 Å². The van der Waals surface area contributed by atoms with E-state index in [-0.39, 0.29) is 11.6 Å². The zero-order valence-electron chi connectivity index (χ0n) is 16.0. The van der Waals surface area contributed by atoms with Crippen molar-refractivity contribution in [3.8, 4) is 0 Å². The van der Waals surface area contributed by atoms with Crippen LogP contribution in [0.4, 0.5) is 4.79 Å². The predicted octanol–water partition coefficient (Wildman–Crippen LogP) is 2.74. The Bertz CT molecular complexity index is 511. The third kappa shape index (κ3) is 3.26. The summed E-state index contributed by atoms with van der Waals surface area (Å²) in [5.74, 6) is 3.90. The van der Waals surface area contributed by atoms with Crippen molar-refractivity contribution in [3.63, 3.8) is 0 Å². The lowest BCUT2D eigenvalue weighted by atomic mass is 9.49. The number of rotatable bonds is 5. The van der Waals surface area contributed by atoms with E-state index >= 15 is 0 Å². The first kappa shape index (κ1) is 17.3. The Morgan fingerprint density at radius 1 is 1.00 bits per heavy atom. The molecule has 0 aromatic heterocycles. The molecule has 2 amide bonds. The van der Waals surface area contributed by atoms with Crippen LogP contribution >= 0.6 is 0 Å². The van der Waals surface area contributed by atoms with E-state index in [0.29, 0.717) is 24.5 Å². The molecule has 1 aliphatic heterocycles. The minimum Gasteiger partial charge on any atom is -0.378 e. The van der Waals surface area contributed by atoms with E-state index in [1.807, 2.05) is 4.90 Å². The van der Waals surface area contributed by atoms with Crippen molar-refractivity contribution in [2.75, 3.05) is 26.2 Å². The van der Waals surface area contributed by atoms with E-state index in [1.54, 1.807) is 0 Å². The summed E-state index contributed by atoms with van der Waals surface area (Å²) in [6.07, 6.45) is 11.6. The summed E-state index contributed by atoms with van der Waals surface area (Å²) in [5, 5.41) is 3.22. The number of urea groups is 1. The van der Waals surface area contributed by atoms with Crippen LogP contribution < -0.4 is 11.1 Å². The van der Waals surface area contributed by atoms with Crippen LogP contribution in [-0.4, -0.2) is 48.8 Å². The molecule has 146 valence electrons. The van der Waals surface area contributed by atoms with Gasteiger partial charge in [0.2, 0.25) is 0 Å². The Kier molecular flexibility index (Phi) is 4.43. The molecule has 4 bridgehead atoms. The molecule has 0 atom stereocenters. The monoisotopic (exact) mass is 361 g/mol. The van der Waals surface area contributed by atoms with Gasteiger partial charge in [-0.1, -0.05) is 0 Å². The molecule has 0 unspecified atom stereocenters. The SMILES string of the molecule is NC1(CNC(=O)N2CCC(OCC3CC3)CC2)C2CC3CC(C2)CC1C3. The van der Waals surface area contributed by atoms with Gasteiger partial charge in [0.25, 0.3) is 0 Å². The van der Waals surface area contributed by atoms with Gasteiger partial charge in [-0.05, 0) is 87.4 Å². The molecule has 3 N–H and O–H groups in total. The number of nitrogens with one attached hydrogen (secondary N) is 1. The first-order chi connectivity index (χ1) is 12.6. The van der Waals surface area contributed by atoms with Crippen LogP contribution in [0.25, 0.3) is 0 Å². The van der Waals surface area contributed by atoms with Gasteiger partial charge < -0.3 is 20.7 Å². The molecule has 26 heavy (non-hydrogen) atoms. The normalized spacial score (nSPS) is 42.3. The average Bonchev–Trinajstić information content (AvgIpc) is 3.47. The van der Waals surface area contributed by atoms with E-state index in [2.05, 4.69) is 5.32 Å². The summed E-state index contributed by atoms with van der Waals surface area (Å²) in [4.78, 5) is 14.6. The highest BCUT2D eigenvalue weighted by Crippen LogP contribution is 2.57. The molecule has 5 aliphatic carbocycles. The number of hydrogen-bond acceptors (Lipinski definition) is 3. The molecule has 1 heterocycles. The molecule has 0 aromatic carbocycles.